The SMILES string of the molecule is CCOCCCNCCSC(C)C(C)C. The van der Waals surface area contributed by atoms with E-state index in [2.05, 4.69) is 37.8 Å². The molecule has 1 unspecified atom stereocenters. The molecule has 0 heterocycles. The summed E-state index contributed by atoms with van der Waals surface area (Å²) in [6, 6.07) is 0. The molecule has 3 heteroatoms. The smallest absolute Gasteiger partial charge is 0.0477 e. The Balaban J connectivity index is 3.05. The fraction of sp³-hybridized carbons (Fsp3) is 1.00. The van der Waals surface area contributed by atoms with E-state index >= 15 is 0 Å². The lowest BCUT2D eigenvalue weighted by molar-refractivity contribution is 0.145. The molecule has 1 N–H and O–H groups in total. The summed E-state index contributed by atoms with van der Waals surface area (Å²) < 4.78 is 5.26. The molecule has 0 radical (unpaired) electrons. The van der Waals surface area contributed by atoms with Gasteiger partial charge in [-0.2, -0.15) is 11.8 Å². The summed E-state index contributed by atoms with van der Waals surface area (Å²) in [6.07, 6.45) is 1.12. The molecule has 0 saturated carbocycles. The first kappa shape index (κ1) is 15.3. The van der Waals surface area contributed by atoms with Gasteiger partial charge in [-0.3, -0.25) is 0 Å². The van der Waals surface area contributed by atoms with Gasteiger partial charge in [0.05, 0.1) is 0 Å². The lowest BCUT2D eigenvalue weighted by atomic mass is 10.2. The zero-order valence-electron chi connectivity index (χ0n) is 10.7. The monoisotopic (exact) mass is 233 g/mol. The van der Waals surface area contributed by atoms with Gasteiger partial charge in [0.2, 0.25) is 0 Å². The van der Waals surface area contributed by atoms with E-state index in [0.29, 0.717) is 0 Å². The second kappa shape index (κ2) is 10.8. The van der Waals surface area contributed by atoms with Crippen LogP contribution in [0.15, 0.2) is 0 Å². The summed E-state index contributed by atoms with van der Waals surface area (Å²) in [5.41, 5.74) is 0. The van der Waals surface area contributed by atoms with Crippen LogP contribution in [0.4, 0.5) is 0 Å². The van der Waals surface area contributed by atoms with Gasteiger partial charge in [0.1, 0.15) is 0 Å². The number of ether oxygens (including phenoxy) is 1. The molecule has 2 nitrogen and oxygen atoms in total. The van der Waals surface area contributed by atoms with Gasteiger partial charge >= 0.3 is 0 Å². The molecule has 0 aliphatic rings. The lowest BCUT2D eigenvalue weighted by Crippen LogP contribution is -2.21. The summed E-state index contributed by atoms with van der Waals surface area (Å²) in [6.45, 7) is 12.8. The molecule has 0 amide bonds. The predicted octanol–water partition coefficient (Wildman–Crippen LogP) is 2.78. The highest BCUT2D eigenvalue weighted by Gasteiger charge is 2.05. The van der Waals surface area contributed by atoms with Crippen molar-refractivity contribution in [3.63, 3.8) is 0 Å². The second-order valence-corrected chi connectivity index (χ2v) is 5.61. The Morgan fingerprint density at radius 1 is 1.20 bits per heavy atom. The molecule has 0 aromatic rings. The number of hydrogen-bond donors (Lipinski definition) is 1. The van der Waals surface area contributed by atoms with Crippen LogP contribution in [0, 0.1) is 5.92 Å². The fourth-order valence-electron chi connectivity index (χ4n) is 1.08. The number of hydrogen-bond acceptors (Lipinski definition) is 3. The van der Waals surface area contributed by atoms with Gasteiger partial charge in [0.15, 0.2) is 0 Å². The molecule has 0 bridgehead atoms. The predicted molar refractivity (Wildman–Crippen MR) is 70.7 cm³/mol. The summed E-state index contributed by atoms with van der Waals surface area (Å²) >= 11 is 2.06. The third-order valence-electron chi connectivity index (χ3n) is 2.44. The topological polar surface area (TPSA) is 21.3 Å². The molecule has 0 aliphatic carbocycles. The van der Waals surface area contributed by atoms with Crippen molar-refractivity contribution in [2.24, 2.45) is 5.92 Å². The normalized spacial score (nSPS) is 13.4. The Bertz CT molecular complexity index is 131. The molecule has 0 rings (SSSR count). The Kier molecular flexibility index (Phi) is 11.0. The van der Waals surface area contributed by atoms with Crippen molar-refractivity contribution in [1.82, 2.24) is 5.32 Å². The zero-order valence-corrected chi connectivity index (χ0v) is 11.5. The maximum atomic E-state index is 5.26. The largest absolute Gasteiger partial charge is 0.382 e. The quantitative estimate of drug-likeness (QED) is 0.586. The lowest BCUT2D eigenvalue weighted by Gasteiger charge is -2.14. The van der Waals surface area contributed by atoms with Crippen molar-refractivity contribution in [1.29, 1.82) is 0 Å². The van der Waals surface area contributed by atoms with E-state index in [1.165, 1.54) is 5.75 Å². The van der Waals surface area contributed by atoms with Crippen molar-refractivity contribution < 1.29 is 4.74 Å². The van der Waals surface area contributed by atoms with E-state index in [1.807, 2.05) is 6.92 Å². The molecular weight excluding hydrogens is 206 g/mol. The first-order valence-electron chi connectivity index (χ1n) is 6.08. The molecule has 0 spiro atoms. The van der Waals surface area contributed by atoms with Gasteiger partial charge in [-0.25, -0.2) is 0 Å². The van der Waals surface area contributed by atoms with E-state index in [0.717, 1.165) is 43.9 Å². The van der Waals surface area contributed by atoms with Crippen LogP contribution in [-0.4, -0.2) is 37.3 Å². The third-order valence-corrected chi connectivity index (χ3v) is 3.95. The molecule has 0 fully saturated rings. The van der Waals surface area contributed by atoms with E-state index in [9.17, 15) is 0 Å². The van der Waals surface area contributed by atoms with Gasteiger partial charge in [-0.15, -0.1) is 0 Å². The summed E-state index contributed by atoms with van der Waals surface area (Å²) in [4.78, 5) is 0. The third kappa shape index (κ3) is 10.6. The highest BCUT2D eigenvalue weighted by Crippen LogP contribution is 2.17. The van der Waals surface area contributed by atoms with E-state index in [-0.39, 0.29) is 0 Å². The summed E-state index contributed by atoms with van der Waals surface area (Å²) in [5, 5.41) is 4.21. The molecule has 1 atom stereocenters. The number of rotatable bonds is 10. The van der Waals surface area contributed by atoms with E-state index in [4.69, 9.17) is 4.74 Å². The Morgan fingerprint density at radius 3 is 2.53 bits per heavy atom. The van der Waals surface area contributed by atoms with Gasteiger partial charge in [0, 0.05) is 30.8 Å². The maximum Gasteiger partial charge on any atom is 0.0477 e. The fourth-order valence-corrected chi connectivity index (χ4v) is 2.10. The molecule has 0 aromatic carbocycles. The van der Waals surface area contributed by atoms with Crippen LogP contribution in [0.25, 0.3) is 0 Å². The highest BCUT2D eigenvalue weighted by atomic mass is 32.2. The molecule has 0 aliphatic heterocycles. The first-order chi connectivity index (χ1) is 7.18. The van der Waals surface area contributed by atoms with Crippen LogP contribution < -0.4 is 5.32 Å². The molecule has 0 aromatic heterocycles. The van der Waals surface area contributed by atoms with Crippen LogP contribution in [-0.2, 0) is 4.74 Å². The minimum absolute atomic E-state index is 0.773. The molecule has 0 saturated heterocycles. The van der Waals surface area contributed by atoms with Crippen LogP contribution in [0.2, 0.25) is 0 Å². The van der Waals surface area contributed by atoms with E-state index < -0.39 is 0 Å². The highest BCUT2D eigenvalue weighted by molar-refractivity contribution is 7.99. The maximum absolute atomic E-state index is 5.26. The average molecular weight is 233 g/mol. The minimum Gasteiger partial charge on any atom is -0.382 e. The Hall–Kier alpha value is 0.270. The number of thioether (sulfide) groups is 1. The van der Waals surface area contributed by atoms with Crippen LogP contribution in [0.5, 0.6) is 0 Å². The second-order valence-electron chi connectivity index (χ2n) is 4.12. The summed E-state index contributed by atoms with van der Waals surface area (Å²) in [7, 11) is 0. The van der Waals surface area contributed by atoms with E-state index in [1.54, 1.807) is 0 Å². The van der Waals surface area contributed by atoms with Gasteiger partial charge in [-0.05, 0) is 25.8 Å². The molecule has 15 heavy (non-hydrogen) atoms. The zero-order chi connectivity index (χ0) is 11.5. The molecular formula is C12H27NOS. The van der Waals surface area contributed by atoms with Crippen LogP contribution in [0.3, 0.4) is 0 Å². The van der Waals surface area contributed by atoms with Gasteiger partial charge in [0.25, 0.3) is 0 Å². The van der Waals surface area contributed by atoms with Crippen molar-refractivity contribution >= 4 is 11.8 Å². The number of nitrogens with one attached hydrogen (secondary N) is 1. The van der Waals surface area contributed by atoms with Crippen molar-refractivity contribution in [3.8, 4) is 0 Å². The Morgan fingerprint density at radius 2 is 1.93 bits per heavy atom. The van der Waals surface area contributed by atoms with Gasteiger partial charge < -0.3 is 10.1 Å². The minimum atomic E-state index is 0.773. The van der Waals surface area contributed by atoms with Crippen LogP contribution in [0.1, 0.15) is 34.1 Å². The molecule has 92 valence electrons. The first-order valence-corrected chi connectivity index (χ1v) is 7.13. The standard InChI is InChI=1S/C12H27NOS/c1-5-14-9-6-7-13-8-10-15-12(4)11(2)3/h11-13H,5-10H2,1-4H3. The van der Waals surface area contributed by atoms with Crippen molar-refractivity contribution in [2.45, 2.75) is 39.4 Å². The van der Waals surface area contributed by atoms with Crippen molar-refractivity contribution in [2.75, 3.05) is 32.1 Å². The van der Waals surface area contributed by atoms with Crippen molar-refractivity contribution in [3.05, 3.63) is 0 Å². The Labute approximate surface area is 99.5 Å². The summed E-state index contributed by atoms with van der Waals surface area (Å²) in [5.74, 6) is 2.00. The average Bonchev–Trinajstić information content (AvgIpc) is 2.21. The van der Waals surface area contributed by atoms with Gasteiger partial charge in [-0.1, -0.05) is 20.8 Å². The van der Waals surface area contributed by atoms with Crippen LogP contribution >= 0.6 is 11.8 Å².